The summed E-state index contributed by atoms with van der Waals surface area (Å²) in [6.07, 6.45) is 0.452. The van der Waals surface area contributed by atoms with Crippen LogP contribution in [0.1, 0.15) is 29.8 Å². The van der Waals surface area contributed by atoms with Crippen LogP contribution < -0.4 is 44.7 Å². The average molecular weight is 610 g/mol. The SMILES string of the molecule is CCOc1ccc(NC(=O)c2cc3ccccc3c(N=Nc3c(S(=O)(=O)O)ccc(CC)c3Cl)c2[O-])cc1Cl.[Na+]. The predicted molar refractivity (Wildman–Crippen MR) is 149 cm³/mol. The van der Waals surface area contributed by atoms with Gasteiger partial charge in [-0.25, -0.2) is 0 Å². The van der Waals surface area contributed by atoms with Crippen molar-refractivity contribution in [3.8, 4) is 11.5 Å². The van der Waals surface area contributed by atoms with Crippen molar-refractivity contribution in [1.82, 2.24) is 0 Å². The zero-order chi connectivity index (χ0) is 28.3. The number of carbonyl (C=O) groups is 1. The monoisotopic (exact) mass is 609 g/mol. The van der Waals surface area contributed by atoms with Gasteiger partial charge in [0, 0.05) is 16.6 Å². The first-order valence-corrected chi connectivity index (χ1v) is 13.9. The quantitative estimate of drug-likeness (QED) is 0.175. The summed E-state index contributed by atoms with van der Waals surface area (Å²) in [5.41, 5.74) is 0.150. The maximum Gasteiger partial charge on any atom is 1.00 e. The van der Waals surface area contributed by atoms with Gasteiger partial charge in [0.15, 0.2) is 0 Å². The van der Waals surface area contributed by atoms with Crippen molar-refractivity contribution in [3.63, 3.8) is 0 Å². The third kappa shape index (κ3) is 6.77. The fraction of sp³-hybridized carbons (Fsp3) is 0.148. The Balaban J connectivity index is 0.00000441. The van der Waals surface area contributed by atoms with Gasteiger partial charge in [0.1, 0.15) is 16.3 Å². The fourth-order valence-electron chi connectivity index (χ4n) is 3.89. The van der Waals surface area contributed by atoms with Crippen LogP contribution in [0.3, 0.4) is 0 Å². The molecule has 0 heterocycles. The minimum absolute atomic E-state index is 0. The van der Waals surface area contributed by atoms with E-state index in [-0.39, 0.29) is 56.5 Å². The number of rotatable bonds is 8. The van der Waals surface area contributed by atoms with Crippen molar-refractivity contribution in [2.45, 2.75) is 25.2 Å². The molecule has 0 unspecified atom stereocenters. The Morgan fingerprint density at radius 2 is 1.73 bits per heavy atom. The number of hydrogen-bond donors (Lipinski definition) is 2. The van der Waals surface area contributed by atoms with E-state index in [1.807, 2.05) is 6.92 Å². The maximum absolute atomic E-state index is 13.5. The van der Waals surface area contributed by atoms with E-state index >= 15 is 0 Å². The molecule has 0 bridgehead atoms. The second-order valence-electron chi connectivity index (χ2n) is 8.27. The van der Waals surface area contributed by atoms with Crippen LogP contribution in [0.4, 0.5) is 17.1 Å². The van der Waals surface area contributed by atoms with E-state index in [0.29, 0.717) is 40.8 Å². The Hall–Kier alpha value is -2.70. The molecule has 0 spiro atoms. The molecule has 202 valence electrons. The van der Waals surface area contributed by atoms with Crippen molar-refractivity contribution in [3.05, 3.63) is 81.8 Å². The van der Waals surface area contributed by atoms with Gasteiger partial charge in [-0.1, -0.05) is 66.2 Å². The Bertz CT molecular complexity index is 1730. The number of halogens is 2. The number of nitrogens with zero attached hydrogens (tertiary/aromatic N) is 2. The molecule has 9 nitrogen and oxygen atoms in total. The van der Waals surface area contributed by atoms with Crippen molar-refractivity contribution >= 4 is 67.1 Å². The van der Waals surface area contributed by atoms with Crippen LogP contribution in [0.5, 0.6) is 11.5 Å². The smallest absolute Gasteiger partial charge is 0.870 e. The Morgan fingerprint density at radius 3 is 2.38 bits per heavy atom. The molecule has 0 aromatic heterocycles. The number of ether oxygens (including phenoxy) is 1. The normalized spacial score (nSPS) is 11.4. The molecule has 2 N–H and O–H groups in total. The van der Waals surface area contributed by atoms with Crippen molar-refractivity contribution in [1.29, 1.82) is 0 Å². The van der Waals surface area contributed by atoms with Crippen LogP contribution in [0.2, 0.25) is 10.0 Å². The summed E-state index contributed by atoms with van der Waals surface area (Å²) < 4.78 is 39.0. The third-order valence-corrected chi connectivity index (χ3v) is 7.38. The number of amides is 1. The van der Waals surface area contributed by atoms with Crippen LogP contribution in [0.25, 0.3) is 10.8 Å². The standard InChI is InChI=1S/C27H23Cl2N3O6S.Na/c1-3-15-9-12-22(39(35,36)37)25(23(15)29)32-31-24-18-8-6-5-7-16(18)13-19(26(24)33)27(34)30-17-10-11-21(38-4-2)20(28)14-17;/h5-14,33H,3-4H2,1-2H3,(H,30,34)(H,35,36,37);/q;+1/p-1. The van der Waals surface area contributed by atoms with E-state index in [2.05, 4.69) is 15.5 Å². The van der Waals surface area contributed by atoms with E-state index in [1.165, 1.54) is 18.2 Å². The van der Waals surface area contributed by atoms with Crippen LogP contribution in [-0.4, -0.2) is 25.5 Å². The summed E-state index contributed by atoms with van der Waals surface area (Å²) in [5, 5.41) is 25.3. The molecule has 0 aliphatic carbocycles. The van der Waals surface area contributed by atoms with Gasteiger partial charge in [-0.3, -0.25) is 9.35 Å². The summed E-state index contributed by atoms with van der Waals surface area (Å²) in [7, 11) is -4.70. The molecular formula is C27H22Cl2N3NaO6S. The molecule has 4 aromatic rings. The van der Waals surface area contributed by atoms with E-state index < -0.39 is 26.7 Å². The molecule has 0 saturated heterocycles. The molecular weight excluding hydrogens is 588 g/mol. The second-order valence-corrected chi connectivity index (χ2v) is 10.4. The summed E-state index contributed by atoms with van der Waals surface area (Å²) in [6, 6.07) is 15.4. The van der Waals surface area contributed by atoms with Crippen LogP contribution in [0.15, 0.2) is 75.8 Å². The van der Waals surface area contributed by atoms with Gasteiger partial charge in [0.25, 0.3) is 16.0 Å². The van der Waals surface area contributed by atoms with E-state index in [9.17, 15) is 22.9 Å². The van der Waals surface area contributed by atoms with E-state index in [0.717, 1.165) is 6.07 Å². The van der Waals surface area contributed by atoms with Gasteiger partial charge in [0.05, 0.1) is 22.3 Å². The van der Waals surface area contributed by atoms with Crippen LogP contribution in [-0.2, 0) is 16.5 Å². The maximum atomic E-state index is 13.5. The first-order chi connectivity index (χ1) is 18.5. The minimum atomic E-state index is -4.70. The molecule has 1 amide bonds. The number of benzene rings is 4. The average Bonchev–Trinajstić information content (AvgIpc) is 2.89. The second kappa shape index (κ2) is 13.3. The van der Waals surface area contributed by atoms with Gasteiger partial charge < -0.3 is 15.2 Å². The van der Waals surface area contributed by atoms with E-state index in [1.54, 1.807) is 43.3 Å². The largest absolute Gasteiger partial charge is 1.00 e. The van der Waals surface area contributed by atoms with Gasteiger partial charge in [-0.05, 0) is 54.6 Å². The molecule has 13 heteroatoms. The molecule has 0 atom stereocenters. The number of azo groups is 1. The fourth-order valence-corrected chi connectivity index (χ4v) is 5.14. The topological polar surface area (TPSA) is 140 Å². The Kier molecular flexibility index (Phi) is 10.6. The zero-order valence-corrected chi connectivity index (χ0v) is 26.1. The molecule has 0 fully saturated rings. The first-order valence-electron chi connectivity index (χ1n) is 11.7. The summed E-state index contributed by atoms with van der Waals surface area (Å²) in [6.45, 7) is 4.03. The number of carbonyl (C=O) groups excluding carboxylic acids is 1. The van der Waals surface area contributed by atoms with E-state index in [4.69, 9.17) is 27.9 Å². The van der Waals surface area contributed by atoms with Crippen LogP contribution >= 0.6 is 23.2 Å². The zero-order valence-electron chi connectivity index (χ0n) is 21.7. The third-order valence-electron chi connectivity index (χ3n) is 5.78. The first kappa shape index (κ1) is 31.8. The Morgan fingerprint density at radius 1 is 1.02 bits per heavy atom. The summed E-state index contributed by atoms with van der Waals surface area (Å²) >= 11 is 12.6. The number of hydrogen-bond acceptors (Lipinski definition) is 7. The van der Waals surface area contributed by atoms with Gasteiger partial charge in [-0.2, -0.15) is 13.5 Å². The van der Waals surface area contributed by atoms with Crippen molar-refractivity contribution in [2.24, 2.45) is 10.2 Å². The molecule has 0 saturated carbocycles. The van der Waals surface area contributed by atoms with Crippen molar-refractivity contribution in [2.75, 3.05) is 11.9 Å². The number of aryl methyl sites for hydroxylation is 1. The minimum Gasteiger partial charge on any atom is -0.870 e. The molecule has 4 rings (SSSR count). The van der Waals surface area contributed by atoms with Gasteiger partial charge in [0.2, 0.25) is 0 Å². The van der Waals surface area contributed by atoms with Crippen molar-refractivity contribution < 1.29 is 57.2 Å². The molecule has 4 aromatic carbocycles. The van der Waals surface area contributed by atoms with Gasteiger partial charge >= 0.3 is 29.6 Å². The summed E-state index contributed by atoms with van der Waals surface area (Å²) in [4.78, 5) is 12.6. The molecule has 0 aliphatic heterocycles. The molecule has 0 aliphatic rings. The predicted octanol–water partition coefficient (Wildman–Crippen LogP) is 4.10. The number of nitrogens with one attached hydrogen (secondary N) is 1. The van der Waals surface area contributed by atoms with Gasteiger partial charge in [-0.15, -0.1) is 5.11 Å². The number of anilines is 1. The number of fused-ring (bicyclic) bond motifs is 1. The molecule has 0 radical (unpaired) electrons. The Labute approximate surface area is 263 Å². The summed E-state index contributed by atoms with van der Waals surface area (Å²) in [5.74, 6) is -1.01. The van der Waals surface area contributed by atoms with Crippen LogP contribution in [0, 0.1) is 0 Å². The molecule has 40 heavy (non-hydrogen) atoms.